The molecule has 0 unspecified atom stereocenters. The molecule has 0 saturated heterocycles. The molecule has 0 aromatic carbocycles. The summed E-state index contributed by atoms with van der Waals surface area (Å²) in [6, 6.07) is 0. The summed E-state index contributed by atoms with van der Waals surface area (Å²) < 4.78 is 18.8. The number of anilines is 1. The molecule has 0 aliphatic rings. The minimum absolute atomic E-state index is 0.0230. The molecule has 2 N–H and O–H groups in total. The van der Waals surface area contributed by atoms with Crippen LogP contribution < -0.4 is 9.44 Å². The first-order chi connectivity index (χ1) is 8.17. The SMILES string of the molecule is COC(=O)c1n[c]([Sn][C](C)(C)C)c(F)c(N)c1Cl. The second-order valence-electron chi connectivity index (χ2n) is 4.72. The molecule has 7 heteroatoms. The van der Waals surface area contributed by atoms with Gasteiger partial charge in [0.25, 0.3) is 0 Å². The Morgan fingerprint density at radius 2 is 2.06 bits per heavy atom. The minimum atomic E-state index is -1.34. The molecule has 4 nitrogen and oxygen atoms in total. The summed E-state index contributed by atoms with van der Waals surface area (Å²) in [6.45, 7) is 6.01. The number of hydrogen-bond acceptors (Lipinski definition) is 4. The van der Waals surface area contributed by atoms with Crippen molar-refractivity contribution >= 4 is 48.1 Å². The molecule has 0 bridgehead atoms. The van der Waals surface area contributed by atoms with E-state index in [1.54, 1.807) is 0 Å². The van der Waals surface area contributed by atoms with E-state index in [1.807, 2.05) is 20.8 Å². The number of nitrogen functional groups attached to an aromatic ring is 1. The zero-order chi connectivity index (χ0) is 14.1. The van der Waals surface area contributed by atoms with Gasteiger partial charge in [-0.25, -0.2) is 0 Å². The van der Waals surface area contributed by atoms with Crippen molar-refractivity contribution in [3.05, 3.63) is 16.5 Å². The maximum atomic E-state index is 14.0. The van der Waals surface area contributed by atoms with Gasteiger partial charge in [-0.3, -0.25) is 0 Å². The first kappa shape index (κ1) is 15.5. The standard InChI is InChI=1S/C7H5ClFN2O2.C4H9.Sn/c1-13-7(12)6-4(8)5(10)3(9)2-11-6;1-4(2)3;/h1H3,(H2,10,11);1-3H3;. The van der Waals surface area contributed by atoms with E-state index < -0.39 is 32.9 Å². The molecule has 0 spiro atoms. The summed E-state index contributed by atoms with van der Waals surface area (Å²) in [6.07, 6.45) is 0. The number of carbonyl (C=O) groups excluding carboxylic acids is 1. The second-order valence-corrected chi connectivity index (χ2v) is 11.4. The Bertz CT molecular complexity index is 489. The number of carbonyl (C=O) groups is 1. The normalized spacial score (nSPS) is 11.4. The third kappa shape index (κ3) is 3.47. The molecule has 0 saturated carbocycles. The van der Waals surface area contributed by atoms with Gasteiger partial charge < -0.3 is 0 Å². The van der Waals surface area contributed by atoms with Gasteiger partial charge in [-0.1, -0.05) is 0 Å². The Hall–Kier alpha value is -0.561. The van der Waals surface area contributed by atoms with Crippen LogP contribution in [0.15, 0.2) is 0 Å². The number of halogens is 2. The first-order valence-corrected chi connectivity index (χ1v) is 8.41. The van der Waals surface area contributed by atoms with Gasteiger partial charge in [0.2, 0.25) is 0 Å². The summed E-state index contributed by atoms with van der Waals surface area (Å²) in [5, 5.41) is -0.184. The number of rotatable bonds is 2. The zero-order valence-corrected chi connectivity index (χ0v) is 14.2. The number of pyridine rings is 1. The van der Waals surface area contributed by atoms with Gasteiger partial charge >= 0.3 is 121 Å². The van der Waals surface area contributed by atoms with Gasteiger partial charge in [-0.15, -0.1) is 0 Å². The molecular formula is C11H14ClFN2O2Sn. The molecule has 0 atom stereocenters. The molecule has 1 heterocycles. The van der Waals surface area contributed by atoms with Crippen LogP contribution in [0.1, 0.15) is 31.3 Å². The van der Waals surface area contributed by atoms with E-state index in [2.05, 4.69) is 9.72 Å². The molecule has 2 radical (unpaired) electrons. The average molecular weight is 379 g/mol. The molecule has 0 aliphatic heterocycles. The third-order valence-corrected chi connectivity index (χ3v) is 6.13. The van der Waals surface area contributed by atoms with Crippen molar-refractivity contribution in [2.75, 3.05) is 12.8 Å². The third-order valence-electron chi connectivity index (χ3n) is 1.98. The van der Waals surface area contributed by atoms with Crippen molar-refractivity contribution in [3.63, 3.8) is 0 Å². The fraction of sp³-hybridized carbons (Fsp3) is 0.455. The maximum absolute atomic E-state index is 14.0. The van der Waals surface area contributed by atoms with E-state index in [0.717, 1.165) is 0 Å². The molecule has 0 aliphatic carbocycles. The number of methoxy groups -OCH3 is 1. The van der Waals surface area contributed by atoms with Crippen molar-refractivity contribution in [2.45, 2.75) is 24.2 Å². The van der Waals surface area contributed by atoms with Crippen LogP contribution in [0.2, 0.25) is 8.45 Å². The van der Waals surface area contributed by atoms with Crippen LogP contribution in [0.3, 0.4) is 0 Å². The van der Waals surface area contributed by atoms with Gasteiger partial charge in [0.1, 0.15) is 0 Å². The molecule has 18 heavy (non-hydrogen) atoms. The van der Waals surface area contributed by atoms with Gasteiger partial charge in [0, 0.05) is 0 Å². The number of aromatic nitrogens is 1. The van der Waals surface area contributed by atoms with Gasteiger partial charge in [0.05, 0.1) is 0 Å². The van der Waals surface area contributed by atoms with Crippen LogP contribution in [0.25, 0.3) is 0 Å². The van der Waals surface area contributed by atoms with E-state index in [1.165, 1.54) is 7.11 Å². The van der Waals surface area contributed by atoms with Crippen LogP contribution >= 0.6 is 11.6 Å². The Balaban J connectivity index is 3.36. The number of esters is 1. The molecule has 1 rings (SSSR count). The molecule has 1 aromatic rings. The van der Waals surface area contributed by atoms with Gasteiger partial charge in [-0.05, 0) is 0 Å². The molecule has 0 amide bonds. The molecular weight excluding hydrogens is 365 g/mol. The second kappa shape index (κ2) is 5.61. The molecule has 98 valence electrons. The number of nitrogens with two attached hydrogens (primary N) is 1. The fourth-order valence-electron chi connectivity index (χ4n) is 1.23. The van der Waals surface area contributed by atoms with Crippen LogP contribution in [0.4, 0.5) is 10.1 Å². The zero-order valence-electron chi connectivity index (χ0n) is 10.6. The van der Waals surface area contributed by atoms with Crippen molar-refractivity contribution < 1.29 is 13.9 Å². The van der Waals surface area contributed by atoms with Crippen LogP contribution in [-0.2, 0) is 4.74 Å². The van der Waals surface area contributed by atoms with Crippen molar-refractivity contribution in [1.29, 1.82) is 0 Å². The Morgan fingerprint density at radius 1 is 1.50 bits per heavy atom. The van der Waals surface area contributed by atoms with Crippen LogP contribution in [0, 0.1) is 5.82 Å². The first-order valence-electron chi connectivity index (χ1n) is 5.18. The summed E-state index contributed by atoms with van der Waals surface area (Å²) in [5.74, 6) is -1.31. The summed E-state index contributed by atoms with van der Waals surface area (Å²) in [4.78, 5) is 15.5. The monoisotopic (exact) mass is 380 g/mol. The number of hydrogen-bond donors (Lipinski definition) is 1. The summed E-state index contributed by atoms with van der Waals surface area (Å²) in [7, 11) is 1.21. The van der Waals surface area contributed by atoms with E-state index in [4.69, 9.17) is 17.3 Å². The number of ether oxygens (including phenoxy) is 1. The molecule has 1 aromatic heterocycles. The fourth-order valence-corrected chi connectivity index (χ4v) is 4.64. The Kier molecular flexibility index (Phi) is 4.83. The van der Waals surface area contributed by atoms with E-state index in [-0.39, 0.29) is 23.5 Å². The predicted molar refractivity (Wildman–Crippen MR) is 70.1 cm³/mol. The topological polar surface area (TPSA) is 65.2 Å². The van der Waals surface area contributed by atoms with Crippen molar-refractivity contribution in [3.8, 4) is 0 Å². The summed E-state index contributed by atoms with van der Waals surface area (Å²) >= 11 is 4.47. The van der Waals surface area contributed by atoms with Crippen molar-refractivity contribution in [1.82, 2.24) is 4.98 Å². The number of nitrogens with zero attached hydrogens (tertiary/aromatic N) is 1. The van der Waals surface area contributed by atoms with E-state index >= 15 is 0 Å². The molecule has 0 fully saturated rings. The van der Waals surface area contributed by atoms with Crippen molar-refractivity contribution in [2.24, 2.45) is 0 Å². The quantitative estimate of drug-likeness (QED) is 0.629. The predicted octanol–water partition coefficient (Wildman–Crippen LogP) is 1.79. The van der Waals surface area contributed by atoms with Gasteiger partial charge in [-0.2, -0.15) is 0 Å². The average Bonchev–Trinajstić information content (AvgIpc) is 2.27. The van der Waals surface area contributed by atoms with E-state index in [9.17, 15) is 9.18 Å². The summed E-state index contributed by atoms with van der Waals surface area (Å²) in [5.41, 5.74) is 5.23. The Labute approximate surface area is 120 Å². The Morgan fingerprint density at radius 3 is 2.50 bits per heavy atom. The van der Waals surface area contributed by atoms with Crippen LogP contribution in [0.5, 0.6) is 0 Å². The van der Waals surface area contributed by atoms with E-state index in [0.29, 0.717) is 0 Å². The van der Waals surface area contributed by atoms with Gasteiger partial charge in [0.15, 0.2) is 0 Å². The van der Waals surface area contributed by atoms with Crippen LogP contribution in [-0.4, -0.2) is 39.2 Å².